The molecule has 35 heavy (non-hydrogen) atoms. The number of amides is 5. The number of carbonyl (C=O) groups excluding carboxylic acids is 4. The third-order valence-corrected chi connectivity index (χ3v) is 7.70. The summed E-state index contributed by atoms with van der Waals surface area (Å²) >= 11 is 3.73. The zero-order valence-corrected chi connectivity index (χ0v) is 22.5. The molecule has 0 N–H and O–H groups in total. The molecule has 188 valence electrons. The van der Waals surface area contributed by atoms with Crippen molar-refractivity contribution in [2.24, 2.45) is 0 Å². The molecule has 1 heterocycles. The lowest BCUT2D eigenvalue weighted by atomic mass is 9.64. The zero-order valence-electron chi connectivity index (χ0n) is 20.9. The predicted octanol–water partition coefficient (Wildman–Crippen LogP) is 6.12. The number of fused-ring (bicyclic) bond motifs is 2. The first-order valence-corrected chi connectivity index (χ1v) is 12.5. The Morgan fingerprint density at radius 1 is 0.886 bits per heavy atom. The molecule has 0 radical (unpaired) electrons. The quantitative estimate of drug-likeness (QED) is 0.364. The summed E-state index contributed by atoms with van der Waals surface area (Å²) in [5.41, 5.74) is -1.46. The summed E-state index contributed by atoms with van der Waals surface area (Å²) in [5, 5.41) is 0. The van der Waals surface area contributed by atoms with Crippen molar-refractivity contribution in [3.63, 3.8) is 0 Å². The molecule has 2 aliphatic carbocycles. The van der Waals surface area contributed by atoms with Gasteiger partial charge in [-0.3, -0.25) is 4.79 Å². The Bertz CT molecular complexity index is 1140. The van der Waals surface area contributed by atoms with Gasteiger partial charge in [-0.2, -0.15) is 4.90 Å². The molecule has 1 aliphatic heterocycles. The zero-order chi connectivity index (χ0) is 26.0. The predicted molar refractivity (Wildman–Crippen MR) is 133 cm³/mol. The van der Waals surface area contributed by atoms with E-state index < -0.39 is 40.9 Å². The van der Waals surface area contributed by atoms with Crippen molar-refractivity contribution in [1.82, 2.24) is 9.80 Å². The standard InChI is InChI=1S/C26H31BrN2O6/c1-23(2,3)34-21(32)28-19(30)26(29(20(28)31)22(33)35-24(4,5)6)13-11-25(12-14-26)17-10-8-7-9-16(17)15-18(25)27/h7-10,15H,11-14H2,1-6H3. The van der Waals surface area contributed by atoms with Crippen molar-refractivity contribution in [3.05, 3.63) is 39.9 Å². The molecule has 1 aromatic carbocycles. The average Bonchev–Trinajstić information content (AvgIpc) is 3.10. The van der Waals surface area contributed by atoms with Crippen LogP contribution in [0.15, 0.2) is 28.7 Å². The number of carbonyl (C=O) groups is 4. The maximum atomic E-state index is 13.8. The second kappa shape index (κ2) is 8.18. The van der Waals surface area contributed by atoms with E-state index in [1.54, 1.807) is 41.5 Å². The first kappa shape index (κ1) is 25.4. The number of halogens is 1. The number of benzene rings is 1. The monoisotopic (exact) mass is 546 g/mol. The van der Waals surface area contributed by atoms with Crippen LogP contribution in [0.2, 0.25) is 0 Å². The Morgan fingerprint density at radius 3 is 2.00 bits per heavy atom. The van der Waals surface area contributed by atoms with Gasteiger partial charge in [0.1, 0.15) is 16.7 Å². The highest BCUT2D eigenvalue weighted by atomic mass is 79.9. The van der Waals surface area contributed by atoms with Gasteiger partial charge in [0.25, 0.3) is 5.91 Å². The van der Waals surface area contributed by atoms with Crippen molar-refractivity contribution >= 4 is 46.1 Å². The molecule has 0 atom stereocenters. The van der Waals surface area contributed by atoms with Crippen LogP contribution in [-0.4, -0.2) is 50.7 Å². The number of hydrogen-bond acceptors (Lipinski definition) is 6. The van der Waals surface area contributed by atoms with E-state index in [0.29, 0.717) is 17.7 Å². The van der Waals surface area contributed by atoms with Gasteiger partial charge in [0.05, 0.1) is 0 Å². The molecule has 2 fully saturated rings. The summed E-state index contributed by atoms with van der Waals surface area (Å²) in [6, 6.07) is 7.03. The van der Waals surface area contributed by atoms with E-state index in [0.717, 1.165) is 20.5 Å². The van der Waals surface area contributed by atoms with Gasteiger partial charge >= 0.3 is 18.2 Å². The van der Waals surface area contributed by atoms with Crippen LogP contribution in [-0.2, 0) is 19.7 Å². The number of nitrogens with zero attached hydrogens (tertiary/aromatic N) is 2. The molecule has 0 unspecified atom stereocenters. The summed E-state index contributed by atoms with van der Waals surface area (Å²) in [6.07, 6.45) is 1.42. The lowest BCUT2D eigenvalue weighted by molar-refractivity contribution is -0.134. The molecule has 2 spiro atoms. The van der Waals surface area contributed by atoms with Crippen LogP contribution in [0.1, 0.15) is 78.4 Å². The van der Waals surface area contributed by atoms with Crippen molar-refractivity contribution < 1.29 is 28.7 Å². The second-order valence-corrected chi connectivity index (χ2v) is 12.3. The van der Waals surface area contributed by atoms with Gasteiger partial charge in [-0.25, -0.2) is 19.3 Å². The van der Waals surface area contributed by atoms with Crippen LogP contribution in [0.5, 0.6) is 0 Å². The normalized spacial score (nSPS) is 26.3. The van der Waals surface area contributed by atoms with E-state index in [1.165, 1.54) is 0 Å². The van der Waals surface area contributed by atoms with Crippen LogP contribution in [0.3, 0.4) is 0 Å². The summed E-state index contributed by atoms with van der Waals surface area (Å²) in [7, 11) is 0. The van der Waals surface area contributed by atoms with Crippen LogP contribution in [0.25, 0.3) is 6.08 Å². The van der Waals surface area contributed by atoms with Gasteiger partial charge in [-0.15, -0.1) is 0 Å². The van der Waals surface area contributed by atoms with Crippen LogP contribution in [0, 0.1) is 0 Å². The Balaban J connectivity index is 1.72. The van der Waals surface area contributed by atoms with Gasteiger partial charge in [0, 0.05) is 9.90 Å². The molecular formula is C26H31BrN2O6. The average molecular weight is 547 g/mol. The molecule has 3 aliphatic rings. The number of ether oxygens (including phenoxy) is 2. The van der Waals surface area contributed by atoms with E-state index in [2.05, 4.69) is 28.1 Å². The summed E-state index contributed by atoms with van der Waals surface area (Å²) < 4.78 is 11.8. The first-order valence-electron chi connectivity index (χ1n) is 11.7. The highest BCUT2D eigenvalue weighted by Crippen LogP contribution is 2.57. The lowest BCUT2D eigenvalue weighted by Crippen LogP contribution is -2.57. The largest absolute Gasteiger partial charge is 0.443 e. The third kappa shape index (κ3) is 4.17. The number of urea groups is 1. The molecule has 4 rings (SSSR count). The fourth-order valence-corrected chi connectivity index (χ4v) is 6.06. The lowest BCUT2D eigenvalue weighted by Gasteiger charge is -2.45. The molecule has 1 saturated heterocycles. The Kier molecular flexibility index (Phi) is 5.94. The topological polar surface area (TPSA) is 93.2 Å². The van der Waals surface area contributed by atoms with Gasteiger partial charge in [0.15, 0.2) is 0 Å². The van der Waals surface area contributed by atoms with Crippen LogP contribution in [0.4, 0.5) is 14.4 Å². The Labute approximate surface area is 213 Å². The van der Waals surface area contributed by atoms with Crippen molar-refractivity contribution in [2.45, 2.75) is 89.4 Å². The van der Waals surface area contributed by atoms with Gasteiger partial charge in [0.2, 0.25) is 0 Å². The number of imide groups is 4. The minimum atomic E-state index is -1.52. The second-order valence-electron chi connectivity index (χ2n) is 11.4. The van der Waals surface area contributed by atoms with E-state index >= 15 is 0 Å². The number of hydrogen-bond donors (Lipinski definition) is 0. The van der Waals surface area contributed by atoms with E-state index in [-0.39, 0.29) is 18.3 Å². The molecule has 0 bridgehead atoms. The summed E-state index contributed by atoms with van der Waals surface area (Å²) in [4.78, 5) is 54.6. The van der Waals surface area contributed by atoms with Gasteiger partial charge in [-0.1, -0.05) is 40.2 Å². The minimum Gasteiger partial charge on any atom is -0.443 e. The van der Waals surface area contributed by atoms with Crippen molar-refractivity contribution in [1.29, 1.82) is 0 Å². The third-order valence-electron chi connectivity index (χ3n) is 6.71. The van der Waals surface area contributed by atoms with Crippen molar-refractivity contribution in [2.75, 3.05) is 0 Å². The maximum Gasteiger partial charge on any atom is 0.425 e. The Morgan fingerprint density at radius 2 is 1.43 bits per heavy atom. The smallest absolute Gasteiger partial charge is 0.425 e. The Hall–Kier alpha value is -2.68. The molecule has 5 amide bonds. The van der Waals surface area contributed by atoms with Gasteiger partial charge < -0.3 is 9.47 Å². The summed E-state index contributed by atoms with van der Waals surface area (Å²) in [6.45, 7) is 9.96. The molecule has 8 nitrogen and oxygen atoms in total. The number of allylic oxidation sites excluding steroid dienone is 1. The van der Waals surface area contributed by atoms with Crippen LogP contribution < -0.4 is 0 Å². The fourth-order valence-electron chi connectivity index (χ4n) is 5.20. The van der Waals surface area contributed by atoms with Gasteiger partial charge in [-0.05, 0) is 84.4 Å². The van der Waals surface area contributed by atoms with Crippen LogP contribution >= 0.6 is 15.9 Å². The van der Waals surface area contributed by atoms with E-state index in [9.17, 15) is 19.2 Å². The summed E-state index contributed by atoms with van der Waals surface area (Å²) in [5.74, 6) is -0.746. The highest BCUT2D eigenvalue weighted by molar-refractivity contribution is 9.11. The highest BCUT2D eigenvalue weighted by Gasteiger charge is 2.66. The van der Waals surface area contributed by atoms with E-state index in [1.807, 2.05) is 18.2 Å². The molecule has 0 aromatic heterocycles. The van der Waals surface area contributed by atoms with E-state index in [4.69, 9.17) is 9.47 Å². The molecular weight excluding hydrogens is 516 g/mol. The molecule has 9 heteroatoms. The first-order chi connectivity index (χ1) is 16.1. The molecule has 1 aromatic rings. The van der Waals surface area contributed by atoms with Crippen molar-refractivity contribution in [3.8, 4) is 0 Å². The minimum absolute atomic E-state index is 0.188. The molecule has 1 saturated carbocycles. The fraction of sp³-hybridized carbons (Fsp3) is 0.538. The number of rotatable bonds is 0. The maximum absolute atomic E-state index is 13.8. The SMILES string of the molecule is CC(C)(C)OC(=O)N1C(=O)N(C(=O)OC(C)(C)C)C2(CCC3(CC2)C(Br)=Cc2ccccc23)C1=O.